The number of aromatic nitrogens is 1. The molecule has 1 aromatic heterocycles. The molecule has 1 aromatic rings. The second-order valence-corrected chi connectivity index (χ2v) is 7.23. The number of anilines is 1. The highest BCUT2D eigenvalue weighted by molar-refractivity contribution is 8.00. The molecule has 1 fully saturated rings. The Balaban J connectivity index is 1.67. The van der Waals surface area contributed by atoms with E-state index in [1.165, 1.54) is 11.8 Å². The normalized spacial score (nSPS) is 21.8. The van der Waals surface area contributed by atoms with E-state index in [4.69, 9.17) is 0 Å². The predicted octanol–water partition coefficient (Wildman–Crippen LogP) is 1.46. The van der Waals surface area contributed by atoms with Crippen LogP contribution in [0, 0.1) is 0 Å². The first-order chi connectivity index (χ1) is 11.6. The van der Waals surface area contributed by atoms with Crippen LogP contribution in [0.4, 0.5) is 5.69 Å². The van der Waals surface area contributed by atoms with Crippen molar-refractivity contribution >= 4 is 29.3 Å². The van der Waals surface area contributed by atoms with Gasteiger partial charge in [0.05, 0.1) is 10.9 Å². The summed E-state index contributed by atoms with van der Waals surface area (Å²) in [5.74, 6) is 0.0931. The SMILES string of the molecule is CCN1CCN(C(=O)CC2Sc3ncccc3N(CC)C2=O)CC1. The summed E-state index contributed by atoms with van der Waals surface area (Å²) in [6, 6.07) is 3.76. The van der Waals surface area contributed by atoms with Gasteiger partial charge in [-0.25, -0.2) is 4.98 Å². The van der Waals surface area contributed by atoms with Crippen LogP contribution in [0.1, 0.15) is 20.3 Å². The van der Waals surface area contributed by atoms with Gasteiger partial charge in [0.25, 0.3) is 0 Å². The van der Waals surface area contributed by atoms with Crippen LogP contribution in [0.25, 0.3) is 0 Å². The number of hydrogen-bond acceptors (Lipinski definition) is 5. The van der Waals surface area contributed by atoms with Crippen LogP contribution < -0.4 is 4.90 Å². The molecule has 2 amide bonds. The number of piperazine rings is 1. The van der Waals surface area contributed by atoms with E-state index < -0.39 is 0 Å². The Labute approximate surface area is 147 Å². The Morgan fingerprint density at radius 1 is 1.25 bits per heavy atom. The fraction of sp³-hybridized carbons (Fsp3) is 0.588. The molecule has 0 bridgehead atoms. The monoisotopic (exact) mass is 348 g/mol. The average Bonchev–Trinajstić information content (AvgIpc) is 2.62. The minimum Gasteiger partial charge on any atom is -0.340 e. The summed E-state index contributed by atoms with van der Waals surface area (Å²) in [6.45, 7) is 9.05. The molecule has 0 saturated carbocycles. The molecule has 1 saturated heterocycles. The lowest BCUT2D eigenvalue weighted by molar-refractivity contribution is -0.134. The van der Waals surface area contributed by atoms with Gasteiger partial charge in [0.15, 0.2) is 0 Å². The lowest BCUT2D eigenvalue weighted by Gasteiger charge is -2.36. The van der Waals surface area contributed by atoms with Crippen LogP contribution in [0.15, 0.2) is 23.4 Å². The van der Waals surface area contributed by atoms with Gasteiger partial charge in [0.1, 0.15) is 5.03 Å². The molecule has 7 heteroatoms. The van der Waals surface area contributed by atoms with E-state index in [2.05, 4.69) is 16.8 Å². The summed E-state index contributed by atoms with van der Waals surface area (Å²) < 4.78 is 0. The minimum absolute atomic E-state index is 0.0172. The van der Waals surface area contributed by atoms with Gasteiger partial charge < -0.3 is 14.7 Å². The van der Waals surface area contributed by atoms with Gasteiger partial charge in [-0.05, 0) is 25.6 Å². The van der Waals surface area contributed by atoms with Crippen molar-refractivity contribution in [1.82, 2.24) is 14.8 Å². The van der Waals surface area contributed by atoms with E-state index in [0.29, 0.717) is 6.54 Å². The summed E-state index contributed by atoms with van der Waals surface area (Å²) in [4.78, 5) is 35.7. The number of nitrogens with zero attached hydrogens (tertiary/aromatic N) is 4. The molecular formula is C17H24N4O2S. The third kappa shape index (κ3) is 3.42. The quantitative estimate of drug-likeness (QED) is 0.825. The predicted molar refractivity (Wildman–Crippen MR) is 95.2 cm³/mol. The van der Waals surface area contributed by atoms with Crippen LogP contribution >= 0.6 is 11.8 Å². The smallest absolute Gasteiger partial charge is 0.241 e. The summed E-state index contributed by atoms with van der Waals surface area (Å²) in [6.07, 6.45) is 1.99. The average molecular weight is 348 g/mol. The van der Waals surface area contributed by atoms with E-state index in [-0.39, 0.29) is 23.5 Å². The molecule has 0 spiro atoms. The van der Waals surface area contributed by atoms with Crippen molar-refractivity contribution in [3.8, 4) is 0 Å². The maximum absolute atomic E-state index is 12.7. The van der Waals surface area contributed by atoms with Gasteiger partial charge in [-0.2, -0.15) is 0 Å². The van der Waals surface area contributed by atoms with Crippen molar-refractivity contribution in [2.45, 2.75) is 30.5 Å². The molecular weight excluding hydrogens is 324 g/mol. The van der Waals surface area contributed by atoms with E-state index >= 15 is 0 Å². The topological polar surface area (TPSA) is 56.8 Å². The molecule has 0 aliphatic carbocycles. The van der Waals surface area contributed by atoms with Gasteiger partial charge in [0.2, 0.25) is 11.8 Å². The highest BCUT2D eigenvalue weighted by atomic mass is 32.2. The molecule has 1 unspecified atom stereocenters. The molecule has 0 radical (unpaired) electrons. The number of rotatable bonds is 4. The lowest BCUT2D eigenvalue weighted by Crippen LogP contribution is -2.50. The number of hydrogen-bond donors (Lipinski definition) is 0. The maximum atomic E-state index is 12.7. The minimum atomic E-state index is -0.371. The highest BCUT2D eigenvalue weighted by Gasteiger charge is 2.36. The first-order valence-corrected chi connectivity index (χ1v) is 9.45. The molecule has 3 heterocycles. The number of carbonyl (C=O) groups is 2. The first-order valence-electron chi connectivity index (χ1n) is 8.57. The molecule has 6 nitrogen and oxygen atoms in total. The van der Waals surface area contributed by atoms with Crippen LogP contribution in [-0.2, 0) is 9.59 Å². The Morgan fingerprint density at radius 2 is 2.00 bits per heavy atom. The van der Waals surface area contributed by atoms with Crippen LogP contribution in [0.2, 0.25) is 0 Å². The van der Waals surface area contributed by atoms with Crippen molar-refractivity contribution in [2.75, 3.05) is 44.2 Å². The summed E-state index contributed by atoms with van der Waals surface area (Å²) >= 11 is 1.42. The zero-order chi connectivity index (χ0) is 17.1. The van der Waals surface area contributed by atoms with Crippen molar-refractivity contribution in [3.63, 3.8) is 0 Å². The molecule has 2 aliphatic heterocycles. The molecule has 2 aliphatic rings. The van der Waals surface area contributed by atoms with Gasteiger partial charge in [-0.3, -0.25) is 9.59 Å². The lowest BCUT2D eigenvalue weighted by atomic mass is 10.2. The zero-order valence-electron chi connectivity index (χ0n) is 14.3. The summed E-state index contributed by atoms with van der Waals surface area (Å²) in [7, 11) is 0. The largest absolute Gasteiger partial charge is 0.340 e. The van der Waals surface area contributed by atoms with E-state index in [1.807, 2.05) is 24.0 Å². The molecule has 0 N–H and O–H groups in total. The van der Waals surface area contributed by atoms with Gasteiger partial charge in [-0.1, -0.05) is 18.7 Å². The third-order valence-corrected chi connectivity index (χ3v) is 5.88. The molecule has 3 rings (SSSR count). The number of amides is 2. The van der Waals surface area contributed by atoms with Crippen molar-refractivity contribution in [2.24, 2.45) is 0 Å². The number of fused-ring (bicyclic) bond motifs is 1. The number of thioether (sulfide) groups is 1. The van der Waals surface area contributed by atoms with Crippen molar-refractivity contribution < 1.29 is 9.59 Å². The van der Waals surface area contributed by atoms with Crippen molar-refractivity contribution in [3.05, 3.63) is 18.3 Å². The van der Waals surface area contributed by atoms with E-state index in [9.17, 15) is 9.59 Å². The third-order valence-electron chi connectivity index (χ3n) is 4.69. The molecule has 1 atom stereocenters. The number of pyridine rings is 1. The fourth-order valence-electron chi connectivity index (χ4n) is 3.21. The Hall–Kier alpha value is -1.60. The van der Waals surface area contributed by atoms with Gasteiger partial charge >= 0.3 is 0 Å². The summed E-state index contributed by atoms with van der Waals surface area (Å²) in [5, 5.41) is 0.469. The van der Waals surface area contributed by atoms with Gasteiger partial charge in [-0.15, -0.1) is 0 Å². The van der Waals surface area contributed by atoms with Gasteiger partial charge in [0, 0.05) is 45.3 Å². The van der Waals surface area contributed by atoms with Crippen LogP contribution in [-0.4, -0.2) is 71.1 Å². The second-order valence-electron chi connectivity index (χ2n) is 6.04. The maximum Gasteiger partial charge on any atom is 0.241 e. The Bertz CT molecular complexity index is 616. The zero-order valence-corrected chi connectivity index (χ0v) is 15.1. The van der Waals surface area contributed by atoms with E-state index in [0.717, 1.165) is 43.4 Å². The highest BCUT2D eigenvalue weighted by Crippen LogP contribution is 2.38. The van der Waals surface area contributed by atoms with E-state index in [1.54, 1.807) is 11.1 Å². The molecule has 0 aromatic carbocycles. The fourth-order valence-corrected chi connectivity index (χ4v) is 4.36. The Kier molecular flexibility index (Phi) is 5.40. The van der Waals surface area contributed by atoms with Crippen LogP contribution in [0.5, 0.6) is 0 Å². The number of carbonyl (C=O) groups excluding carboxylic acids is 2. The molecule has 130 valence electrons. The van der Waals surface area contributed by atoms with Crippen LogP contribution in [0.3, 0.4) is 0 Å². The Morgan fingerprint density at radius 3 is 2.67 bits per heavy atom. The number of likely N-dealkylation sites (N-methyl/N-ethyl adjacent to an activating group) is 1. The summed E-state index contributed by atoms with van der Waals surface area (Å²) in [5.41, 5.74) is 0.857. The standard InChI is InChI=1S/C17H24N4O2S/c1-3-19-8-10-20(11-9-19)15(22)12-14-17(23)21(4-2)13-6-5-7-18-16(13)24-14/h5-7,14H,3-4,8-12H2,1-2H3. The molecule has 24 heavy (non-hydrogen) atoms. The second kappa shape index (κ2) is 7.53. The van der Waals surface area contributed by atoms with Crippen molar-refractivity contribution in [1.29, 1.82) is 0 Å². The first kappa shape index (κ1) is 17.2.